The van der Waals surface area contributed by atoms with Gasteiger partial charge in [0.15, 0.2) is 5.16 Å². The van der Waals surface area contributed by atoms with Gasteiger partial charge in [-0.05, 0) is 44.4 Å². The lowest BCUT2D eigenvalue weighted by Gasteiger charge is -2.17. The van der Waals surface area contributed by atoms with Crippen LogP contribution in [0.3, 0.4) is 0 Å². The standard InChI is InChI=1S/C20H22N6O2S2/c1-12-13(2)30-18-16(12)17(27)21-15(22-18)11-29-20-24-23-19(25-7-3-4-8-25)26(20)10-14-6-5-9-28-14/h5-6,9H,3-4,7-8,10-11H2,1-2H3,(H,21,22,27). The number of fused-ring (bicyclic) bond motifs is 1. The fourth-order valence-corrected chi connectivity index (χ4v) is 5.59. The Morgan fingerprint density at radius 1 is 1.27 bits per heavy atom. The van der Waals surface area contributed by atoms with E-state index in [2.05, 4.69) is 29.6 Å². The summed E-state index contributed by atoms with van der Waals surface area (Å²) >= 11 is 3.09. The molecule has 0 unspecified atom stereocenters. The van der Waals surface area contributed by atoms with Crippen molar-refractivity contribution in [2.75, 3.05) is 18.0 Å². The molecule has 0 spiro atoms. The van der Waals surface area contributed by atoms with Crippen molar-refractivity contribution >= 4 is 39.3 Å². The number of furan rings is 1. The van der Waals surface area contributed by atoms with E-state index in [0.29, 0.717) is 23.5 Å². The van der Waals surface area contributed by atoms with Crippen molar-refractivity contribution in [1.82, 2.24) is 24.7 Å². The van der Waals surface area contributed by atoms with Crippen LogP contribution in [-0.4, -0.2) is 37.8 Å². The number of hydrogen-bond acceptors (Lipinski definition) is 8. The van der Waals surface area contributed by atoms with Crippen LogP contribution in [0.2, 0.25) is 0 Å². The highest BCUT2D eigenvalue weighted by Crippen LogP contribution is 2.29. The predicted octanol–water partition coefficient (Wildman–Crippen LogP) is 3.73. The molecule has 1 saturated heterocycles. The first kappa shape index (κ1) is 19.4. The zero-order valence-electron chi connectivity index (χ0n) is 16.8. The second-order valence-electron chi connectivity index (χ2n) is 7.41. The predicted molar refractivity (Wildman–Crippen MR) is 119 cm³/mol. The average Bonchev–Trinajstić information content (AvgIpc) is 3.50. The highest BCUT2D eigenvalue weighted by Gasteiger charge is 2.22. The number of nitrogens with zero attached hydrogens (tertiary/aromatic N) is 5. The number of aromatic nitrogens is 5. The molecule has 1 aliphatic heterocycles. The van der Waals surface area contributed by atoms with Gasteiger partial charge >= 0.3 is 0 Å². The van der Waals surface area contributed by atoms with Gasteiger partial charge in [-0.2, -0.15) is 0 Å². The van der Waals surface area contributed by atoms with Gasteiger partial charge < -0.3 is 14.3 Å². The molecule has 0 atom stereocenters. The summed E-state index contributed by atoms with van der Waals surface area (Å²) in [6.07, 6.45) is 4.01. The molecule has 0 bridgehead atoms. The lowest BCUT2D eigenvalue weighted by atomic mass is 10.2. The van der Waals surface area contributed by atoms with Crippen molar-refractivity contribution in [3.05, 3.63) is 50.8 Å². The van der Waals surface area contributed by atoms with Crippen LogP contribution < -0.4 is 10.5 Å². The highest BCUT2D eigenvalue weighted by molar-refractivity contribution is 7.98. The molecule has 5 rings (SSSR count). The molecule has 4 aromatic rings. The van der Waals surface area contributed by atoms with E-state index in [9.17, 15) is 4.79 Å². The maximum Gasteiger partial charge on any atom is 0.259 e. The topological polar surface area (TPSA) is 92.8 Å². The number of anilines is 1. The van der Waals surface area contributed by atoms with Crippen LogP contribution in [0.4, 0.5) is 5.95 Å². The number of thiophene rings is 1. The van der Waals surface area contributed by atoms with Crippen molar-refractivity contribution in [2.24, 2.45) is 0 Å². The second kappa shape index (κ2) is 7.92. The van der Waals surface area contributed by atoms with Gasteiger partial charge in [0.25, 0.3) is 5.56 Å². The summed E-state index contributed by atoms with van der Waals surface area (Å²) in [7, 11) is 0. The maximum absolute atomic E-state index is 12.6. The van der Waals surface area contributed by atoms with Gasteiger partial charge in [0.05, 0.1) is 23.9 Å². The van der Waals surface area contributed by atoms with Gasteiger partial charge in [0, 0.05) is 18.0 Å². The summed E-state index contributed by atoms with van der Waals surface area (Å²) in [5, 5.41) is 10.4. The number of aryl methyl sites for hydroxylation is 2. The Morgan fingerprint density at radius 2 is 2.10 bits per heavy atom. The fraction of sp³-hybridized carbons (Fsp3) is 0.400. The Morgan fingerprint density at radius 3 is 2.87 bits per heavy atom. The molecule has 8 nitrogen and oxygen atoms in total. The van der Waals surface area contributed by atoms with Crippen LogP contribution in [0.1, 0.15) is 34.9 Å². The van der Waals surface area contributed by atoms with E-state index in [0.717, 1.165) is 45.2 Å². The Kier molecular flexibility index (Phi) is 5.11. The molecule has 0 radical (unpaired) electrons. The molecule has 5 heterocycles. The summed E-state index contributed by atoms with van der Waals surface area (Å²) in [5.74, 6) is 2.88. The number of H-pyrrole nitrogens is 1. The number of nitrogens with one attached hydrogen (secondary N) is 1. The zero-order chi connectivity index (χ0) is 20.7. The largest absolute Gasteiger partial charge is 0.467 e. The van der Waals surface area contributed by atoms with Crippen molar-refractivity contribution in [1.29, 1.82) is 0 Å². The van der Waals surface area contributed by atoms with Gasteiger partial charge in [-0.1, -0.05) is 11.8 Å². The van der Waals surface area contributed by atoms with E-state index in [1.54, 1.807) is 17.6 Å². The van der Waals surface area contributed by atoms with Gasteiger partial charge in [-0.15, -0.1) is 21.5 Å². The average molecular weight is 443 g/mol. The summed E-state index contributed by atoms with van der Waals surface area (Å²) in [6.45, 7) is 6.54. The van der Waals surface area contributed by atoms with E-state index >= 15 is 0 Å². The molecule has 10 heteroatoms. The fourth-order valence-electron chi connectivity index (χ4n) is 3.74. The van der Waals surface area contributed by atoms with Crippen LogP contribution in [-0.2, 0) is 12.3 Å². The summed E-state index contributed by atoms with van der Waals surface area (Å²) < 4.78 is 7.65. The van der Waals surface area contributed by atoms with Crippen LogP contribution >= 0.6 is 23.1 Å². The smallest absolute Gasteiger partial charge is 0.259 e. The lowest BCUT2D eigenvalue weighted by Crippen LogP contribution is -2.22. The van der Waals surface area contributed by atoms with Crippen LogP contribution in [0.15, 0.2) is 32.8 Å². The van der Waals surface area contributed by atoms with Crippen LogP contribution in [0.25, 0.3) is 10.2 Å². The first-order valence-corrected chi connectivity index (χ1v) is 11.7. The molecular formula is C20H22N6O2S2. The van der Waals surface area contributed by atoms with Gasteiger partial charge in [0.2, 0.25) is 5.95 Å². The SMILES string of the molecule is Cc1sc2nc(CSc3nnc(N4CCCC4)n3Cc3ccco3)[nH]c(=O)c2c1C. The van der Waals surface area contributed by atoms with Crippen molar-refractivity contribution in [3.63, 3.8) is 0 Å². The zero-order valence-corrected chi connectivity index (χ0v) is 18.5. The highest BCUT2D eigenvalue weighted by atomic mass is 32.2. The molecular weight excluding hydrogens is 420 g/mol. The summed E-state index contributed by atoms with van der Waals surface area (Å²) in [4.78, 5) is 24.3. The molecule has 30 heavy (non-hydrogen) atoms. The van der Waals surface area contributed by atoms with Gasteiger partial charge in [0.1, 0.15) is 16.4 Å². The first-order chi connectivity index (χ1) is 14.6. The quantitative estimate of drug-likeness (QED) is 0.455. The molecule has 156 valence electrons. The molecule has 0 aliphatic carbocycles. The normalized spacial score (nSPS) is 14.3. The molecule has 1 N–H and O–H groups in total. The van der Waals surface area contributed by atoms with E-state index in [1.807, 2.05) is 26.0 Å². The second-order valence-corrected chi connectivity index (χ2v) is 9.55. The minimum Gasteiger partial charge on any atom is -0.467 e. The third-order valence-corrected chi connectivity index (χ3v) is 7.49. The van der Waals surface area contributed by atoms with Crippen molar-refractivity contribution < 1.29 is 4.42 Å². The molecule has 1 aliphatic rings. The lowest BCUT2D eigenvalue weighted by molar-refractivity contribution is 0.483. The third kappa shape index (κ3) is 3.54. The Bertz CT molecular complexity index is 1230. The van der Waals surface area contributed by atoms with Crippen molar-refractivity contribution in [3.8, 4) is 0 Å². The first-order valence-electron chi connectivity index (χ1n) is 9.92. The number of hydrogen-bond donors (Lipinski definition) is 1. The van der Waals surface area contributed by atoms with Gasteiger partial charge in [-0.25, -0.2) is 4.98 Å². The summed E-state index contributed by atoms with van der Waals surface area (Å²) in [6, 6.07) is 3.84. The Balaban J connectivity index is 1.43. The van der Waals surface area contributed by atoms with Crippen LogP contribution in [0.5, 0.6) is 0 Å². The summed E-state index contributed by atoms with van der Waals surface area (Å²) in [5.41, 5.74) is 0.934. The van der Waals surface area contributed by atoms with Gasteiger partial charge in [-0.3, -0.25) is 9.36 Å². The van der Waals surface area contributed by atoms with Crippen LogP contribution in [0, 0.1) is 13.8 Å². The van der Waals surface area contributed by atoms with E-state index in [4.69, 9.17) is 4.42 Å². The molecule has 4 aromatic heterocycles. The number of aromatic amines is 1. The Labute approximate surface area is 181 Å². The van der Waals surface area contributed by atoms with E-state index in [-0.39, 0.29) is 5.56 Å². The van der Waals surface area contributed by atoms with E-state index in [1.165, 1.54) is 24.6 Å². The Hall–Kier alpha value is -2.59. The minimum absolute atomic E-state index is 0.0766. The molecule has 0 saturated carbocycles. The minimum atomic E-state index is -0.0766. The molecule has 1 fully saturated rings. The molecule has 0 aromatic carbocycles. The van der Waals surface area contributed by atoms with E-state index < -0.39 is 0 Å². The number of thioether (sulfide) groups is 1. The number of rotatable bonds is 6. The van der Waals surface area contributed by atoms with Crippen molar-refractivity contribution in [2.45, 2.75) is 44.1 Å². The monoisotopic (exact) mass is 442 g/mol. The third-order valence-electron chi connectivity index (χ3n) is 5.41. The molecule has 0 amide bonds. The maximum atomic E-state index is 12.6.